The summed E-state index contributed by atoms with van der Waals surface area (Å²) in [5, 5.41) is 15.2. The lowest BCUT2D eigenvalue weighted by molar-refractivity contribution is 0.177. The van der Waals surface area contributed by atoms with E-state index in [0.29, 0.717) is 18.2 Å². The minimum atomic E-state index is -0.357. The zero-order valence-electron chi connectivity index (χ0n) is 13.9. The summed E-state index contributed by atoms with van der Waals surface area (Å²) >= 11 is 0. The number of aliphatic hydroxyl groups is 1. The van der Waals surface area contributed by atoms with Crippen molar-refractivity contribution in [3.8, 4) is 0 Å². The van der Waals surface area contributed by atoms with Gasteiger partial charge in [-0.25, -0.2) is 9.18 Å². The molecule has 6 heteroatoms. The highest BCUT2D eigenvalue weighted by Gasteiger charge is 2.23. The number of nitrogens with one attached hydrogen (secondary N) is 2. The van der Waals surface area contributed by atoms with Crippen LogP contribution in [0.5, 0.6) is 0 Å². The fraction of sp³-hybridized carbons (Fsp3) is 0.611. The van der Waals surface area contributed by atoms with E-state index in [1.807, 2.05) is 0 Å². The van der Waals surface area contributed by atoms with Crippen molar-refractivity contribution in [3.05, 3.63) is 24.0 Å². The van der Waals surface area contributed by atoms with Gasteiger partial charge in [0.1, 0.15) is 5.82 Å². The molecule has 0 bridgehead atoms. The van der Waals surface area contributed by atoms with Crippen LogP contribution in [0.4, 0.5) is 20.6 Å². The highest BCUT2D eigenvalue weighted by molar-refractivity contribution is 5.93. The van der Waals surface area contributed by atoms with E-state index in [9.17, 15) is 14.3 Å². The molecule has 5 nitrogen and oxygen atoms in total. The second kappa shape index (κ2) is 7.83. The van der Waals surface area contributed by atoms with Crippen molar-refractivity contribution in [3.63, 3.8) is 0 Å². The van der Waals surface area contributed by atoms with E-state index in [-0.39, 0.29) is 18.0 Å². The number of halogens is 1. The molecule has 2 aliphatic rings. The van der Waals surface area contributed by atoms with Crippen molar-refractivity contribution in [1.29, 1.82) is 0 Å². The molecule has 1 aromatic carbocycles. The number of carbonyl (C=O) groups excluding carboxylic acids is 1. The van der Waals surface area contributed by atoms with E-state index in [1.165, 1.54) is 18.6 Å². The predicted octanol–water partition coefficient (Wildman–Crippen LogP) is 3.10. The summed E-state index contributed by atoms with van der Waals surface area (Å²) in [5.41, 5.74) is 1.39. The topological polar surface area (TPSA) is 64.6 Å². The molecule has 3 rings (SSSR count). The standard InChI is InChI=1S/C18H26FN3O2/c19-14-5-7-17(22-8-2-1-3-9-22)16(11-14)21-18(24)20-12-13-4-6-15(23)10-13/h5,7,11,13,15,23H,1-4,6,8-10,12H2,(H2,20,21,24)/t13-,15-/m0/s1. The molecule has 0 spiro atoms. The van der Waals surface area contributed by atoms with Crippen LogP contribution in [0.25, 0.3) is 0 Å². The van der Waals surface area contributed by atoms with Crippen molar-refractivity contribution in [2.24, 2.45) is 5.92 Å². The second-order valence-electron chi connectivity index (χ2n) is 6.88. The van der Waals surface area contributed by atoms with Crippen LogP contribution in [0.3, 0.4) is 0 Å². The van der Waals surface area contributed by atoms with Crippen LogP contribution in [-0.2, 0) is 0 Å². The molecule has 132 valence electrons. The summed E-state index contributed by atoms with van der Waals surface area (Å²) in [6.07, 6.45) is 5.68. The maximum Gasteiger partial charge on any atom is 0.319 e. The normalized spacial score (nSPS) is 24.0. The van der Waals surface area contributed by atoms with Crippen molar-refractivity contribution >= 4 is 17.4 Å². The fourth-order valence-electron chi connectivity index (χ4n) is 3.66. The Bertz CT molecular complexity index is 575. The summed E-state index contributed by atoms with van der Waals surface area (Å²) in [7, 11) is 0. The molecule has 1 aliphatic carbocycles. The summed E-state index contributed by atoms with van der Waals surface area (Å²) < 4.78 is 13.6. The molecule has 2 atom stereocenters. The number of benzene rings is 1. The van der Waals surface area contributed by atoms with Crippen LogP contribution in [0, 0.1) is 11.7 Å². The first-order chi connectivity index (χ1) is 11.6. The van der Waals surface area contributed by atoms with E-state index in [4.69, 9.17) is 0 Å². The third kappa shape index (κ3) is 4.38. The summed E-state index contributed by atoms with van der Waals surface area (Å²) in [4.78, 5) is 14.4. The third-order valence-corrected chi connectivity index (χ3v) is 4.97. The molecular weight excluding hydrogens is 309 g/mol. The molecular formula is C18H26FN3O2. The molecule has 1 saturated carbocycles. The van der Waals surface area contributed by atoms with Gasteiger partial charge in [-0.3, -0.25) is 0 Å². The predicted molar refractivity (Wildman–Crippen MR) is 92.8 cm³/mol. The highest BCUT2D eigenvalue weighted by Crippen LogP contribution is 2.29. The number of anilines is 2. The zero-order chi connectivity index (χ0) is 16.9. The van der Waals surface area contributed by atoms with Crippen molar-refractivity contribution in [1.82, 2.24) is 5.32 Å². The summed E-state index contributed by atoms with van der Waals surface area (Å²) in [5.74, 6) is -0.0372. The lowest BCUT2D eigenvalue weighted by Crippen LogP contribution is -2.34. The van der Waals surface area contributed by atoms with Crippen LogP contribution in [0.1, 0.15) is 38.5 Å². The lowest BCUT2D eigenvalue weighted by atomic mass is 10.1. The molecule has 24 heavy (non-hydrogen) atoms. The maximum absolute atomic E-state index is 13.6. The SMILES string of the molecule is O=C(NC[C@H]1CC[C@H](O)C1)Nc1cc(F)ccc1N1CCCCC1. The Hall–Kier alpha value is -1.82. The Morgan fingerprint density at radius 3 is 2.75 bits per heavy atom. The van der Waals surface area contributed by atoms with Gasteiger partial charge in [-0.2, -0.15) is 0 Å². The molecule has 3 N–H and O–H groups in total. The first-order valence-corrected chi connectivity index (χ1v) is 8.89. The zero-order valence-corrected chi connectivity index (χ0v) is 13.9. The minimum absolute atomic E-state index is 0.242. The van der Waals surface area contributed by atoms with Crippen LogP contribution < -0.4 is 15.5 Å². The average Bonchev–Trinajstić information content (AvgIpc) is 2.99. The molecule has 2 amide bonds. The molecule has 1 saturated heterocycles. The Labute approximate surface area is 142 Å². The number of rotatable bonds is 4. The minimum Gasteiger partial charge on any atom is -0.393 e. The van der Waals surface area contributed by atoms with E-state index in [1.54, 1.807) is 6.07 Å². The van der Waals surface area contributed by atoms with Gasteiger partial charge in [-0.05, 0) is 62.6 Å². The molecule has 1 heterocycles. The van der Waals surface area contributed by atoms with Gasteiger partial charge in [0.2, 0.25) is 0 Å². The fourth-order valence-corrected chi connectivity index (χ4v) is 3.66. The smallest absolute Gasteiger partial charge is 0.319 e. The van der Waals surface area contributed by atoms with E-state index in [2.05, 4.69) is 15.5 Å². The van der Waals surface area contributed by atoms with Gasteiger partial charge in [0.05, 0.1) is 17.5 Å². The third-order valence-electron chi connectivity index (χ3n) is 4.97. The van der Waals surface area contributed by atoms with E-state index >= 15 is 0 Å². The lowest BCUT2D eigenvalue weighted by Gasteiger charge is -2.30. The number of urea groups is 1. The van der Waals surface area contributed by atoms with Gasteiger partial charge >= 0.3 is 6.03 Å². The van der Waals surface area contributed by atoms with Crippen LogP contribution >= 0.6 is 0 Å². The Morgan fingerprint density at radius 1 is 1.25 bits per heavy atom. The summed E-state index contributed by atoms with van der Waals surface area (Å²) in [6.45, 7) is 2.40. The quantitative estimate of drug-likeness (QED) is 0.792. The van der Waals surface area contributed by atoms with Crippen molar-refractivity contribution in [2.75, 3.05) is 29.9 Å². The van der Waals surface area contributed by atoms with Crippen molar-refractivity contribution in [2.45, 2.75) is 44.6 Å². The first-order valence-electron chi connectivity index (χ1n) is 8.89. The van der Waals surface area contributed by atoms with E-state index < -0.39 is 0 Å². The van der Waals surface area contributed by atoms with Crippen LogP contribution in [0.2, 0.25) is 0 Å². The molecule has 1 aliphatic heterocycles. The first kappa shape index (κ1) is 17.0. The van der Waals surface area contributed by atoms with E-state index in [0.717, 1.165) is 50.9 Å². The Kier molecular flexibility index (Phi) is 5.56. The van der Waals surface area contributed by atoms with Gasteiger partial charge in [0.15, 0.2) is 0 Å². The number of hydrogen-bond acceptors (Lipinski definition) is 3. The molecule has 0 aromatic heterocycles. The number of piperidine rings is 1. The Balaban J connectivity index is 1.60. The highest BCUT2D eigenvalue weighted by atomic mass is 19.1. The maximum atomic E-state index is 13.6. The molecule has 0 unspecified atom stereocenters. The number of hydrogen-bond donors (Lipinski definition) is 3. The van der Waals surface area contributed by atoms with Crippen molar-refractivity contribution < 1.29 is 14.3 Å². The van der Waals surface area contributed by atoms with Crippen LogP contribution in [0.15, 0.2) is 18.2 Å². The monoisotopic (exact) mass is 335 g/mol. The number of nitrogens with zero attached hydrogens (tertiary/aromatic N) is 1. The van der Waals surface area contributed by atoms with Gasteiger partial charge in [0.25, 0.3) is 0 Å². The largest absolute Gasteiger partial charge is 0.393 e. The molecule has 2 fully saturated rings. The average molecular weight is 335 g/mol. The van der Waals surface area contributed by atoms with Gasteiger partial charge in [-0.15, -0.1) is 0 Å². The molecule has 1 aromatic rings. The van der Waals surface area contributed by atoms with Gasteiger partial charge in [-0.1, -0.05) is 0 Å². The van der Waals surface area contributed by atoms with Crippen LogP contribution in [-0.4, -0.2) is 36.9 Å². The number of aliphatic hydroxyl groups excluding tert-OH is 1. The summed E-state index contributed by atoms with van der Waals surface area (Å²) in [6, 6.07) is 4.24. The van der Waals surface area contributed by atoms with Gasteiger partial charge < -0.3 is 20.6 Å². The molecule has 0 radical (unpaired) electrons. The number of amides is 2. The number of carbonyl (C=O) groups is 1. The second-order valence-corrected chi connectivity index (χ2v) is 6.88. The Morgan fingerprint density at radius 2 is 2.04 bits per heavy atom. The van der Waals surface area contributed by atoms with Gasteiger partial charge in [0, 0.05) is 19.6 Å².